The number of ketones is 1. The highest BCUT2D eigenvalue weighted by atomic mass is 19.1. The number of benzene rings is 2. The molecule has 0 bridgehead atoms. The van der Waals surface area contributed by atoms with Crippen LogP contribution in [0.2, 0.25) is 0 Å². The van der Waals surface area contributed by atoms with Crippen LogP contribution in [-0.4, -0.2) is 5.78 Å². The largest absolute Gasteiger partial charge is 0.293 e. The van der Waals surface area contributed by atoms with Gasteiger partial charge in [0, 0.05) is 5.41 Å². The minimum Gasteiger partial charge on any atom is -0.293 e. The highest BCUT2D eigenvalue weighted by Crippen LogP contribution is 2.27. The quantitative estimate of drug-likeness (QED) is 0.710. The third-order valence-corrected chi connectivity index (χ3v) is 3.00. The van der Waals surface area contributed by atoms with E-state index >= 15 is 0 Å². The summed E-state index contributed by atoms with van der Waals surface area (Å²) in [5, 5.41) is 0. The lowest BCUT2D eigenvalue weighted by Gasteiger charge is -2.17. The minimum absolute atomic E-state index is 0.161. The Morgan fingerprint density at radius 3 is 2.16 bits per heavy atom. The van der Waals surface area contributed by atoms with Crippen LogP contribution in [0, 0.1) is 11.2 Å². The zero-order valence-electron chi connectivity index (χ0n) is 11.4. The van der Waals surface area contributed by atoms with Crippen molar-refractivity contribution in [1.29, 1.82) is 0 Å². The van der Waals surface area contributed by atoms with E-state index in [0.29, 0.717) is 0 Å². The van der Waals surface area contributed by atoms with Gasteiger partial charge in [0.25, 0.3) is 0 Å². The molecule has 0 N–H and O–H groups in total. The van der Waals surface area contributed by atoms with Gasteiger partial charge in [-0.05, 0) is 23.3 Å². The molecule has 0 radical (unpaired) electrons. The van der Waals surface area contributed by atoms with Crippen molar-refractivity contribution in [2.75, 3.05) is 0 Å². The van der Waals surface area contributed by atoms with E-state index in [1.54, 1.807) is 32.9 Å². The summed E-state index contributed by atoms with van der Waals surface area (Å²) in [5.41, 5.74) is 1.41. The van der Waals surface area contributed by atoms with Crippen molar-refractivity contribution >= 4 is 5.78 Å². The Kier molecular flexibility index (Phi) is 3.52. The molecule has 2 aromatic rings. The van der Waals surface area contributed by atoms with Crippen LogP contribution >= 0.6 is 0 Å². The first-order valence-corrected chi connectivity index (χ1v) is 6.29. The first kappa shape index (κ1) is 13.5. The van der Waals surface area contributed by atoms with E-state index in [0.717, 1.165) is 11.1 Å². The molecule has 0 saturated carbocycles. The standard InChI is InChI=1S/C17H17FO/c1-17(2,3)16(19)14-11-13(9-10-15(14)18)12-7-5-4-6-8-12/h4-11H,1-3H3. The Balaban J connectivity index is 2.50. The second-order valence-electron chi connectivity index (χ2n) is 5.64. The smallest absolute Gasteiger partial charge is 0.171 e. The molecule has 0 heterocycles. The average Bonchev–Trinajstić information content (AvgIpc) is 2.38. The third-order valence-electron chi connectivity index (χ3n) is 3.00. The molecule has 0 atom stereocenters. The monoisotopic (exact) mass is 256 g/mol. The van der Waals surface area contributed by atoms with Crippen LogP contribution in [0.3, 0.4) is 0 Å². The Bertz CT molecular complexity index is 594. The van der Waals surface area contributed by atoms with E-state index in [-0.39, 0.29) is 11.3 Å². The first-order chi connectivity index (χ1) is 8.89. The number of carbonyl (C=O) groups excluding carboxylic acids is 1. The lowest BCUT2D eigenvalue weighted by molar-refractivity contribution is 0.0854. The summed E-state index contributed by atoms with van der Waals surface area (Å²) >= 11 is 0. The number of rotatable bonds is 2. The number of halogens is 1. The highest BCUT2D eigenvalue weighted by molar-refractivity contribution is 6.01. The maximum Gasteiger partial charge on any atom is 0.171 e. The van der Waals surface area contributed by atoms with Gasteiger partial charge in [-0.3, -0.25) is 4.79 Å². The molecule has 1 nitrogen and oxygen atoms in total. The fourth-order valence-electron chi connectivity index (χ4n) is 1.91. The molecule has 2 rings (SSSR count). The van der Waals surface area contributed by atoms with Crippen LogP contribution in [0.1, 0.15) is 31.1 Å². The second kappa shape index (κ2) is 4.96. The van der Waals surface area contributed by atoms with Crippen LogP contribution in [-0.2, 0) is 0 Å². The van der Waals surface area contributed by atoms with Crippen molar-refractivity contribution in [3.63, 3.8) is 0 Å². The summed E-state index contributed by atoms with van der Waals surface area (Å²) < 4.78 is 13.8. The topological polar surface area (TPSA) is 17.1 Å². The molecule has 0 fully saturated rings. The molecule has 98 valence electrons. The summed E-state index contributed by atoms with van der Waals surface area (Å²) in [4.78, 5) is 12.2. The average molecular weight is 256 g/mol. The van der Waals surface area contributed by atoms with Gasteiger partial charge in [-0.2, -0.15) is 0 Å². The highest BCUT2D eigenvalue weighted by Gasteiger charge is 2.25. The Labute approximate surface area is 113 Å². The molecule has 0 aromatic heterocycles. The summed E-state index contributed by atoms with van der Waals surface area (Å²) in [6.45, 7) is 5.39. The van der Waals surface area contributed by atoms with E-state index in [1.165, 1.54) is 6.07 Å². The molecule has 19 heavy (non-hydrogen) atoms. The lowest BCUT2D eigenvalue weighted by atomic mass is 9.85. The summed E-state index contributed by atoms with van der Waals surface area (Å²) in [6, 6.07) is 14.4. The minimum atomic E-state index is -0.587. The number of Topliss-reactive ketones (excluding diaryl/α,β-unsaturated/α-hetero) is 1. The maximum atomic E-state index is 13.8. The van der Waals surface area contributed by atoms with Crippen molar-refractivity contribution < 1.29 is 9.18 Å². The fraction of sp³-hybridized carbons (Fsp3) is 0.235. The zero-order valence-corrected chi connectivity index (χ0v) is 11.4. The normalized spacial score (nSPS) is 11.4. The number of hydrogen-bond donors (Lipinski definition) is 0. The zero-order chi connectivity index (χ0) is 14.0. The summed E-state index contributed by atoms with van der Waals surface area (Å²) in [6.07, 6.45) is 0. The van der Waals surface area contributed by atoms with Gasteiger partial charge in [0.05, 0.1) is 5.56 Å². The molecule has 0 saturated heterocycles. The fourth-order valence-corrected chi connectivity index (χ4v) is 1.91. The summed E-state index contributed by atoms with van der Waals surface area (Å²) in [5.74, 6) is -0.637. The first-order valence-electron chi connectivity index (χ1n) is 6.29. The van der Waals surface area contributed by atoms with Gasteiger partial charge in [-0.15, -0.1) is 0 Å². The molecular formula is C17H17FO. The van der Waals surface area contributed by atoms with Crippen molar-refractivity contribution in [3.8, 4) is 11.1 Å². The molecule has 0 spiro atoms. The van der Waals surface area contributed by atoms with Gasteiger partial charge in [0.2, 0.25) is 0 Å². The van der Waals surface area contributed by atoms with E-state index in [4.69, 9.17) is 0 Å². The number of hydrogen-bond acceptors (Lipinski definition) is 1. The van der Waals surface area contributed by atoms with Gasteiger partial charge >= 0.3 is 0 Å². The van der Waals surface area contributed by atoms with E-state index in [9.17, 15) is 9.18 Å². The van der Waals surface area contributed by atoms with Crippen molar-refractivity contribution in [2.45, 2.75) is 20.8 Å². The van der Waals surface area contributed by atoms with Crippen LogP contribution in [0.4, 0.5) is 4.39 Å². The molecule has 2 aromatic carbocycles. The molecule has 0 aliphatic carbocycles. The van der Waals surface area contributed by atoms with Gasteiger partial charge < -0.3 is 0 Å². The van der Waals surface area contributed by atoms with Crippen molar-refractivity contribution in [2.24, 2.45) is 5.41 Å². The lowest BCUT2D eigenvalue weighted by Crippen LogP contribution is -2.21. The maximum absolute atomic E-state index is 13.8. The predicted molar refractivity (Wildman–Crippen MR) is 75.6 cm³/mol. The van der Waals surface area contributed by atoms with Gasteiger partial charge in [0.1, 0.15) is 5.82 Å². The van der Waals surface area contributed by atoms with E-state index in [1.807, 2.05) is 30.3 Å². The second-order valence-corrected chi connectivity index (χ2v) is 5.64. The van der Waals surface area contributed by atoms with Crippen molar-refractivity contribution in [3.05, 3.63) is 59.9 Å². The molecule has 0 aliphatic rings. The Hall–Kier alpha value is -1.96. The number of carbonyl (C=O) groups is 1. The van der Waals surface area contributed by atoms with Crippen LogP contribution in [0.25, 0.3) is 11.1 Å². The molecule has 2 heteroatoms. The predicted octanol–water partition coefficient (Wildman–Crippen LogP) is 4.72. The molecule has 0 amide bonds. The Morgan fingerprint density at radius 1 is 0.947 bits per heavy atom. The van der Waals surface area contributed by atoms with Crippen molar-refractivity contribution in [1.82, 2.24) is 0 Å². The van der Waals surface area contributed by atoms with Crippen LogP contribution < -0.4 is 0 Å². The van der Waals surface area contributed by atoms with Gasteiger partial charge in [0.15, 0.2) is 5.78 Å². The Morgan fingerprint density at radius 2 is 1.58 bits per heavy atom. The van der Waals surface area contributed by atoms with Crippen LogP contribution in [0.15, 0.2) is 48.5 Å². The van der Waals surface area contributed by atoms with E-state index in [2.05, 4.69) is 0 Å². The van der Waals surface area contributed by atoms with Gasteiger partial charge in [-0.25, -0.2) is 4.39 Å². The summed E-state index contributed by atoms with van der Waals surface area (Å²) in [7, 11) is 0. The SMILES string of the molecule is CC(C)(C)C(=O)c1cc(-c2ccccc2)ccc1F. The van der Waals surface area contributed by atoms with Crippen LogP contribution in [0.5, 0.6) is 0 Å². The third kappa shape index (κ3) is 2.90. The molecule has 0 unspecified atom stereocenters. The molecule has 0 aliphatic heterocycles. The van der Waals surface area contributed by atoms with Gasteiger partial charge in [-0.1, -0.05) is 57.2 Å². The van der Waals surface area contributed by atoms with E-state index < -0.39 is 11.2 Å². The molecular weight excluding hydrogens is 239 g/mol.